The fraction of sp³-hybridized carbons (Fsp3) is 0.263. The van der Waals surface area contributed by atoms with Crippen molar-refractivity contribution in [3.8, 4) is 17.5 Å². The average molecular weight is 440 g/mol. The SMILES string of the molecule is CC(C)(O)[C@H](F)CNC(=O)c1ccc(-c2ccc3cc(C#N)cnn23)nc1.Cl.Cl. The predicted molar refractivity (Wildman–Crippen MR) is 111 cm³/mol. The molecule has 0 bridgehead atoms. The molecule has 0 radical (unpaired) electrons. The molecule has 0 fully saturated rings. The highest BCUT2D eigenvalue weighted by molar-refractivity contribution is 5.94. The first-order valence-corrected chi connectivity index (χ1v) is 8.28. The van der Waals surface area contributed by atoms with Gasteiger partial charge in [0.25, 0.3) is 5.91 Å². The molecule has 3 rings (SSSR count). The molecule has 1 atom stereocenters. The van der Waals surface area contributed by atoms with Gasteiger partial charge < -0.3 is 10.4 Å². The molecule has 0 aromatic carbocycles. The van der Waals surface area contributed by atoms with E-state index in [4.69, 9.17) is 5.26 Å². The molecule has 0 saturated heterocycles. The predicted octanol–water partition coefficient (Wildman–Crippen LogP) is 2.95. The molecular weight excluding hydrogens is 420 g/mol. The van der Waals surface area contributed by atoms with E-state index in [0.717, 1.165) is 5.52 Å². The van der Waals surface area contributed by atoms with E-state index in [0.29, 0.717) is 17.0 Å². The van der Waals surface area contributed by atoms with Gasteiger partial charge in [-0.15, -0.1) is 24.8 Å². The summed E-state index contributed by atoms with van der Waals surface area (Å²) in [5.41, 5.74) is 1.29. The van der Waals surface area contributed by atoms with E-state index in [2.05, 4.69) is 15.4 Å². The molecule has 154 valence electrons. The van der Waals surface area contributed by atoms with Crippen LogP contribution in [0.4, 0.5) is 4.39 Å². The van der Waals surface area contributed by atoms with Gasteiger partial charge in [0.1, 0.15) is 12.2 Å². The molecule has 2 N–H and O–H groups in total. The number of alkyl halides is 1. The van der Waals surface area contributed by atoms with Gasteiger partial charge in [-0.05, 0) is 44.2 Å². The van der Waals surface area contributed by atoms with Crippen molar-refractivity contribution in [2.45, 2.75) is 25.6 Å². The lowest BCUT2D eigenvalue weighted by atomic mass is 10.0. The lowest BCUT2D eigenvalue weighted by Crippen LogP contribution is -2.42. The maximum absolute atomic E-state index is 13.7. The maximum Gasteiger partial charge on any atom is 0.252 e. The number of hydrogen-bond donors (Lipinski definition) is 2. The van der Waals surface area contributed by atoms with Gasteiger partial charge in [-0.25, -0.2) is 8.91 Å². The summed E-state index contributed by atoms with van der Waals surface area (Å²) >= 11 is 0. The second-order valence-electron chi connectivity index (χ2n) is 6.67. The average Bonchev–Trinajstić information content (AvgIpc) is 3.08. The fourth-order valence-corrected chi connectivity index (χ4v) is 2.47. The van der Waals surface area contributed by atoms with E-state index in [1.165, 1.54) is 26.2 Å². The third-order valence-corrected chi connectivity index (χ3v) is 4.13. The van der Waals surface area contributed by atoms with Crippen molar-refractivity contribution in [3.63, 3.8) is 0 Å². The van der Waals surface area contributed by atoms with Crippen LogP contribution in [-0.4, -0.2) is 43.9 Å². The van der Waals surface area contributed by atoms with Gasteiger partial charge >= 0.3 is 0 Å². The highest BCUT2D eigenvalue weighted by Gasteiger charge is 2.26. The van der Waals surface area contributed by atoms with Gasteiger partial charge in [-0.3, -0.25) is 9.78 Å². The van der Waals surface area contributed by atoms with E-state index in [9.17, 15) is 14.3 Å². The van der Waals surface area contributed by atoms with Crippen molar-refractivity contribution in [2.75, 3.05) is 6.54 Å². The molecule has 3 aromatic rings. The third kappa shape index (κ3) is 5.41. The molecule has 0 aliphatic heterocycles. The van der Waals surface area contributed by atoms with Crippen LogP contribution in [0.15, 0.2) is 42.7 Å². The zero-order chi connectivity index (χ0) is 19.6. The van der Waals surface area contributed by atoms with Crippen molar-refractivity contribution in [1.82, 2.24) is 19.9 Å². The highest BCUT2D eigenvalue weighted by Crippen LogP contribution is 2.20. The van der Waals surface area contributed by atoms with Crippen LogP contribution in [0.3, 0.4) is 0 Å². The van der Waals surface area contributed by atoms with Gasteiger partial charge in [0.15, 0.2) is 0 Å². The van der Waals surface area contributed by atoms with Crippen molar-refractivity contribution >= 4 is 36.2 Å². The summed E-state index contributed by atoms with van der Waals surface area (Å²) in [6.07, 6.45) is 1.28. The summed E-state index contributed by atoms with van der Waals surface area (Å²) < 4.78 is 15.4. The van der Waals surface area contributed by atoms with Gasteiger partial charge in [0.2, 0.25) is 0 Å². The number of fused-ring (bicyclic) bond motifs is 1. The van der Waals surface area contributed by atoms with Crippen LogP contribution >= 0.6 is 24.8 Å². The fourth-order valence-electron chi connectivity index (χ4n) is 2.47. The van der Waals surface area contributed by atoms with Gasteiger partial charge in [0, 0.05) is 6.20 Å². The number of nitrogens with one attached hydrogen (secondary N) is 1. The number of halogens is 3. The zero-order valence-electron chi connectivity index (χ0n) is 15.7. The van der Waals surface area contributed by atoms with Gasteiger partial charge in [0.05, 0.1) is 46.4 Å². The van der Waals surface area contributed by atoms with E-state index >= 15 is 0 Å². The Morgan fingerprint density at radius 2 is 2.03 bits per heavy atom. The lowest BCUT2D eigenvalue weighted by molar-refractivity contribution is -0.00178. The molecule has 0 saturated carbocycles. The van der Waals surface area contributed by atoms with E-state index in [1.54, 1.807) is 22.7 Å². The van der Waals surface area contributed by atoms with Gasteiger partial charge in [-0.2, -0.15) is 10.4 Å². The summed E-state index contributed by atoms with van der Waals surface area (Å²) in [4.78, 5) is 16.4. The molecule has 0 unspecified atom stereocenters. The quantitative estimate of drug-likeness (QED) is 0.635. The number of amides is 1. The Kier molecular flexibility index (Phi) is 8.09. The van der Waals surface area contributed by atoms with E-state index in [-0.39, 0.29) is 36.9 Å². The smallest absolute Gasteiger partial charge is 0.252 e. The van der Waals surface area contributed by atoms with E-state index < -0.39 is 17.7 Å². The first-order chi connectivity index (χ1) is 12.8. The Hall–Kier alpha value is -2.73. The Labute approximate surface area is 179 Å². The number of nitriles is 1. The summed E-state index contributed by atoms with van der Waals surface area (Å²) in [7, 11) is 0. The summed E-state index contributed by atoms with van der Waals surface area (Å²) in [6, 6.07) is 10.6. The van der Waals surface area contributed by atoms with Crippen LogP contribution in [-0.2, 0) is 0 Å². The normalized spacial score (nSPS) is 11.7. The van der Waals surface area contributed by atoms with Crippen LogP contribution in [0, 0.1) is 11.3 Å². The first kappa shape index (κ1) is 24.3. The molecule has 10 heteroatoms. The minimum atomic E-state index is -1.58. The van der Waals surface area contributed by atoms with Crippen LogP contribution in [0.5, 0.6) is 0 Å². The summed E-state index contributed by atoms with van der Waals surface area (Å²) in [5, 5.41) is 25.2. The number of nitrogens with zero attached hydrogens (tertiary/aromatic N) is 4. The Balaban J connectivity index is 0.00000210. The van der Waals surface area contributed by atoms with Crippen molar-refractivity contribution < 1.29 is 14.3 Å². The topological polar surface area (TPSA) is 103 Å². The van der Waals surface area contributed by atoms with Crippen molar-refractivity contribution in [2.24, 2.45) is 0 Å². The number of aromatic nitrogens is 3. The van der Waals surface area contributed by atoms with Crippen LogP contribution in [0.2, 0.25) is 0 Å². The Morgan fingerprint density at radius 3 is 2.62 bits per heavy atom. The minimum absolute atomic E-state index is 0. The minimum Gasteiger partial charge on any atom is -0.387 e. The number of pyridine rings is 1. The molecule has 3 heterocycles. The molecule has 0 aliphatic rings. The molecular formula is C19H20Cl2FN5O2. The molecule has 3 aromatic heterocycles. The monoisotopic (exact) mass is 439 g/mol. The number of carbonyl (C=O) groups excluding carboxylic acids is 1. The van der Waals surface area contributed by atoms with Gasteiger partial charge in [-0.1, -0.05) is 0 Å². The Morgan fingerprint density at radius 1 is 1.31 bits per heavy atom. The molecule has 29 heavy (non-hydrogen) atoms. The first-order valence-electron chi connectivity index (χ1n) is 8.28. The number of hydrogen-bond acceptors (Lipinski definition) is 5. The van der Waals surface area contributed by atoms with Crippen LogP contribution < -0.4 is 5.32 Å². The van der Waals surface area contributed by atoms with Crippen molar-refractivity contribution in [3.05, 3.63) is 53.9 Å². The highest BCUT2D eigenvalue weighted by atomic mass is 35.5. The summed E-state index contributed by atoms with van der Waals surface area (Å²) in [6.45, 7) is 2.39. The zero-order valence-corrected chi connectivity index (χ0v) is 17.3. The molecule has 0 spiro atoms. The maximum atomic E-state index is 13.7. The van der Waals surface area contributed by atoms with E-state index in [1.807, 2.05) is 18.2 Å². The second-order valence-corrected chi connectivity index (χ2v) is 6.67. The molecule has 7 nitrogen and oxygen atoms in total. The number of rotatable bonds is 5. The largest absolute Gasteiger partial charge is 0.387 e. The van der Waals surface area contributed by atoms with Crippen LogP contribution in [0.1, 0.15) is 29.8 Å². The molecule has 1 amide bonds. The molecule has 0 aliphatic carbocycles. The standard InChI is InChI=1S/C19H18FN5O2.2ClH/c1-19(2,27)17(20)11-23-18(26)13-3-5-15(22-10-13)16-6-4-14-7-12(8-21)9-24-25(14)16;;/h3-7,9-10,17,27H,11H2,1-2H3,(H,23,26);2*1H/t17-;;/m1../s1. The summed E-state index contributed by atoms with van der Waals surface area (Å²) in [5.74, 6) is -0.474. The lowest BCUT2D eigenvalue weighted by Gasteiger charge is -2.22. The second kappa shape index (κ2) is 9.65. The Bertz CT molecular complexity index is 1030. The van der Waals surface area contributed by atoms with Crippen LogP contribution in [0.25, 0.3) is 16.9 Å². The number of carbonyl (C=O) groups is 1. The third-order valence-electron chi connectivity index (χ3n) is 4.13. The van der Waals surface area contributed by atoms with Crippen molar-refractivity contribution in [1.29, 1.82) is 5.26 Å². The number of aliphatic hydroxyl groups is 1.